The molecule has 0 unspecified atom stereocenters. The lowest BCUT2D eigenvalue weighted by Gasteiger charge is -2.17. The van der Waals surface area contributed by atoms with Crippen LogP contribution in [0.4, 0.5) is 0 Å². The predicted molar refractivity (Wildman–Crippen MR) is 281 cm³/mol. The molecule has 0 saturated heterocycles. The molecule has 69 heavy (non-hydrogen) atoms. The summed E-state index contributed by atoms with van der Waals surface area (Å²) in [6.07, 6.45) is 0. The first kappa shape index (κ1) is 39.9. The van der Waals surface area contributed by atoms with Crippen molar-refractivity contribution in [3.63, 3.8) is 0 Å². The van der Waals surface area contributed by atoms with Gasteiger partial charge in [0.05, 0.1) is 16.7 Å². The molecule has 0 atom stereocenters. The Labute approximate surface area is 397 Å². The maximum absolute atomic E-state index is 5.50. The zero-order chi connectivity index (χ0) is 45.7. The van der Waals surface area contributed by atoms with Gasteiger partial charge in [-0.3, -0.25) is 0 Å². The quantitative estimate of drug-likeness (QED) is 0.151. The summed E-state index contributed by atoms with van der Waals surface area (Å²) in [5, 5.41) is 6.61. The summed E-state index contributed by atoms with van der Waals surface area (Å²) in [7, 11) is 0. The van der Waals surface area contributed by atoms with E-state index < -0.39 is 0 Å². The zero-order valence-electron chi connectivity index (χ0n) is 37.1. The predicted octanol–water partition coefficient (Wildman–Crippen LogP) is 15.1. The second-order valence-corrected chi connectivity index (χ2v) is 17.0. The minimum absolute atomic E-state index is 0.512. The Morgan fingerprint density at radius 3 is 1.23 bits per heavy atom. The van der Waals surface area contributed by atoms with Crippen LogP contribution in [0.25, 0.3) is 128 Å². The molecule has 3 aromatic heterocycles. The van der Waals surface area contributed by atoms with E-state index in [-0.39, 0.29) is 0 Å². The fraction of sp³-hybridized carbons (Fsp3) is 0. The van der Waals surface area contributed by atoms with Crippen LogP contribution in [-0.2, 0) is 0 Å². The van der Waals surface area contributed by atoms with Crippen LogP contribution in [0.15, 0.2) is 237 Å². The molecule has 7 nitrogen and oxygen atoms in total. The van der Waals surface area contributed by atoms with Gasteiger partial charge >= 0.3 is 0 Å². The highest BCUT2D eigenvalue weighted by molar-refractivity contribution is 6.16. The average Bonchev–Trinajstić information content (AvgIpc) is 3.77. The average molecular weight is 882 g/mol. The largest absolute Gasteiger partial charge is 0.308 e. The van der Waals surface area contributed by atoms with E-state index in [1.807, 2.05) is 60.7 Å². The monoisotopic (exact) mass is 881 g/mol. The summed E-state index contributed by atoms with van der Waals surface area (Å²) in [5.74, 6) is 3.35. The molecule has 3 heterocycles. The summed E-state index contributed by atoms with van der Waals surface area (Å²) in [6.45, 7) is 0. The summed E-state index contributed by atoms with van der Waals surface area (Å²) in [4.78, 5) is 31.7. The standard InChI is InChI=1S/C62H39N7/c1-4-19-42(20-5-1)48-32-18-36-55-56(48)51-31-14-15-35-53(51)69(55)54-38-37-45(59-64-57(43-23-6-2-7-24-43)63-58(65-59)44-25-8-3-9-26-44)39-52(54)62-67-60(49-33-16-27-40-21-10-12-29-46(40)49)66-61(68-62)50-34-17-28-41-22-11-13-30-47(41)50/h1-39H. The molecule has 0 spiro atoms. The Balaban J connectivity index is 1.13. The molecular formula is C62H39N7. The first-order valence-corrected chi connectivity index (χ1v) is 23.0. The molecule has 0 aliphatic rings. The van der Waals surface area contributed by atoms with Crippen LogP contribution in [0, 0.1) is 0 Å². The third-order valence-corrected chi connectivity index (χ3v) is 12.9. The van der Waals surface area contributed by atoms with Crippen LogP contribution >= 0.6 is 0 Å². The van der Waals surface area contributed by atoms with E-state index in [0.717, 1.165) is 93.5 Å². The first-order chi connectivity index (χ1) is 34.2. The number of hydrogen-bond donors (Lipinski definition) is 0. The lowest BCUT2D eigenvalue weighted by atomic mass is 9.99. The molecule has 0 radical (unpaired) electrons. The van der Waals surface area contributed by atoms with Gasteiger partial charge in [0, 0.05) is 44.2 Å². The second-order valence-electron chi connectivity index (χ2n) is 17.0. The van der Waals surface area contributed by atoms with Gasteiger partial charge in [0.2, 0.25) is 0 Å². The number of fused-ring (bicyclic) bond motifs is 5. The van der Waals surface area contributed by atoms with Crippen molar-refractivity contribution >= 4 is 43.4 Å². The molecule has 0 bridgehead atoms. The molecule has 0 N–H and O–H groups in total. The maximum Gasteiger partial charge on any atom is 0.166 e. The Morgan fingerprint density at radius 2 is 0.652 bits per heavy atom. The topological polar surface area (TPSA) is 82.3 Å². The van der Waals surface area contributed by atoms with Crippen molar-refractivity contribution < 1.29 is 0 Å². The minimum Gasteiger partial charge on any atom is -0.308 e. The van der Waals surface area contributed by atoms with Gasteiger partial charge in [0.25, 0.3) is 0 Å². The number of para-hydroxylation sites is 1. The van der Waals surface area contributed by atoms with Crippen LogP contribution < -0.4 is 0 Å². The lowest BCUT2D eigenvalue weighted by molar-refractivity contribution is 1.06. The van der Waals surface area contributed by atoms with Gasteiger partial charge in [-0.15, -0.1) is 0 Å². The summed E-state index contributed by atoms with van der Waals surface area (Å²) in [5.41, 5.74) is 10.5. The Morgan fingerprint density at radius 1 is 0.246 bits per heavy atom. The van der Waals surface area contributed by atoms with Crippen molar-refractivity contribution in [1.82, 2.24) is 34.5 Å². The van der Waals surface area contributed by atoms with Gasteiger partial charge in [0.1, 0.15) is 0 Å². The number of hydrogen-bond acceptors (Lipinski definition) is 6. The molecule has 10 aromatic carbocycles. The van der Waals surface area contributed by atoms with Gasteiger partial charge < -0.3 is 4.57 Å². The Hall–Kier alpha value is -9.46. The van der Waals surface area contributed by atoms with E-state index in [2.05, 4.69) is 180 Å². The van der Waals surface area contributed by atoms with E-state index in [4.69, 9.17) is 29.9 Å². The third kappa shape index (κ3) is 7.08. The minimum atomic E-state index is 0.512. The molecule has 13 aromatic rings. The molecule has 0 saturated carbocycles. The van der Waals surface area contributed by atoms with Gasteiger partial charge in [-0.2, -0.15) is 0 Å². The van der Waals surface area contributed by atoms with Crippen LogP contribution in [0.2, 0.25) is 0 Å². The smallest absolute Gasteiger partial charge is 0.166 e. The van der Waals surface area contributed by atoms with Crippen molar-refractivity contribution in [2.75, 3.05) is 0 Å². The fourth-order valence-electron chi connectivity index (χ4n) is 9.70. The first-order valence-electron chi connectivity index (χ1n) is 23.0. The van der Waals surface area contributed by atoms with Gasteiger partial charge in [-0.05, 0) is 63.0 Å². The van der Waals surface area contributed by atoms with Crippen LogP contribution in [0.3, 0.4) is 0 Å². The zero-order valence-corrected chi connectivity index (χ0v) is 37.1. The number of rotatable bonds is 8. The lowest BCUT2D eigenvalue weighted by Crippen LogP contribution is -2.05. The SMILES string of the molecule is c1ccc(-c2nc(-c3ccccc3)nc(-c3ccc(-n4c5ccccc5c5c(-c6ccccc6)cccc54)c(-c4nc(-c5cccc6ccccc56)nc(-c5cccc6ccccc56)n4)c3)n2)cc1. The van der Waals surface area contributed by atoms with E-state index in [1.165, 1.54) is 0 Å². The van der Waals surface area contributed by atoms with Crippen molar-refractivity contribution in [2.45, 2.75) is 0 Å². The van der Waals surface area contributed by atoms with Crippen molar-refractivity contribution in [3.8, 4) is 85.1 Å². The van der Waals surface area contributed by atoms with E-state index in [1.54, 1.807) is 0 Å². The number of aromatic nitrogens is 7. The Bertz CT molecular complexity index is 3910. The number of benzene rings is 10. The molecule has 0 fully saturated rings. The molecule has 0 amide bonds. The van der Waals surface area contributed by atoms with Crippen LogP contribution in [0.1, 0.15) is 0 Å². The van der Waals surface area contributed by atoms with Gasteiger partial charge in [-0.1, -0.05) is 206 Å². The highest BCUT2D eigenvalue weighted by Crippen LogP contribution is 2.42. The van der Waals surface area contributed by atoms with Crippen molar-refractivity contribution in [1.29, 1.82) is 0 Å². The summed E-state index contributed by atoms with van der Waals surface area (Å²) < 4.78 is 2.35. The summed E-state index contributed by atoms with van der Waals surface area (Å²) in [6, 6.07) is 81.8. The molecule has 7 heteroatoms. The van der Waals surface area contributed by atoms with Gasteiger partial charge in [-0.25, -0.2) is 29.9 Å². The van der Waals surface area contributed by atoms with Crippen LogP contribution in [0.5, 0.6) is 0 Å². The second kappa shape index (κ2) is 16.8. The van der Waals surface area contributed by atoms with Crippen molar-refractivity contribution in [3.05, 3.63) is 237 Å². The fourth-order valence-corrected chi connectivity index (χ4v) is 9.70. The van der Waals surface area contributed by atoms with Gasteiger partial charge in [0.15, 0.2) is 34.9 Å². The highest BCUT2D eigenvalue weighted by atomic mass is 15.1. The molecule has 0 aliphatic carbocycles. The van der Waals surface area contributed by atoms with E-state index in [9.17, 15) is 0 Å². The molecular weight excluding hydrogens is 843 g/mol. The third-order valence-electron chi connectivity index (χ3n) is 12.9. The molecule has 13 rings (SSSR count). The number of nitrogens with zero attached hydrogens (tertiary/aromatic N) is 7. The maximum atomic E-state index is 5.50. The van der Waals surface area contributed by atoms with Crippen molar-refractivity contribution in [2.24, 2.45) is 0 Å². The summed E-state index contributed by atoms with van der Waals surface area (Å²) >= 11 is 0. The van der Waals surface area contributed by atoms with Crippen LogP contribution in [-0.4, -0.2) is 34.5 Å². The normalized spacial score (nSPS) is 11.5. The van der Waals surface area contributed by atoms with E-state index in [0.29, 0.717) is 34.9 Å². The Kier molecular flexibility index (Phi) is 9.68. The van der Waals surface area contributed by atoms with E-state index >= 15 is 0 Å². The molecule has 0 aliphatic heterocycles. The molecule has 322 valence electrons. The highest BCUT2D eigenvalue weighted by Gasteiger charge is 2.24.